The highest BCUT2D eigenvalue weighted by Crippen LogP contribution is 2.58. The van der Waals surface area contributed by atoms with Crippen LogP contribution in [0.2, 0.25) is 0 Å². The van der Waals surface area contributed by atoms with Crippen molar-refractivity contribution in [1.29, 1.82) is 0 Å². The molecule has 0 aromatic heterocycles. The lowest BCUT2D eigenvalue weighted by Gasteiger charge is -2.48. The Balaban J connectivity index is 1.93. The minimum Gasteiger partial charge on any atom is -0.295 e. The molecule has 2 fully saturated rings. The smallest absolute Gasteiger partial charge is 0.243 e. The van der Waals surface area contributed by atoms with Crippen LogP contribution in [0.1, 0.15) is 65.2 Å². The van der Waals surface area contributed by atoms with Gasteiger partial charge in [-0.25, -0.2) is 0 Å². The summed E-state index contributed by atoms with van der Waals surface area (Å²) in [6.07, 6.45) is 9.23. The van der Waals surface area contributed by atoms with Crippen molar-refractivity contribution in [3.8, 4) is 0 Å². The predicted molar refractivity (Wildman–Crippen MR) is 83.6 cm³/mol. The molecule has 1 saturated carbocycles. The normalized spacial score (nSPS) is 31.9. The van der Waals surface area contributed by atoms with Crippen LogP contribution < -0.4 is 5.32 Å². The average molecular weight is 297 g/mol. The van der Waals surface area contributed by atoms with Crippen molar-refractivity contribution in [3.05, 3.63) is 0 Å². The lowest BCUT2D eigenvalue weighted by molar-refractivity contribution is -0.125. The first-order valence-electron chi connectivity index (χ1n) is 8.16. The zero-order valence-corrected chi connectivity index (χ0v) is 13.6. The Bertz CT molecular complexity index is 371. The molecule has 2 amide bonds. The van der Waals surface area contributed by atoms with Gasteiger partial charge in [0.25, 0.3) is 0 Å². The summed E-state index contributed by atoms with van der Waals surface area (Å²) in [5.74, 6) is 1.35. The number of hydrogen-bond donors (Lipinski definition) is 1. The van der Waals surface area contributed by atoms with Crippen molar-refractivity contribution >= 4 is 23.6 Å². The van der Waals surface area contributed by atoms with Crippen LogP contribution in [0.4, 0.5) is 0 Å². The van der Waals surface area contributed by atoms with E-state index in [-0.39, 0.29) is 17.7 Å². The van der Waals surface area contributed by atoms with Crippen LogP contribution in [-0.2, 0) is 9.59 Å². The second-order valence-electron chi connectivity index (χ2n) is 6.15. The molecule has 3 atom stereocenters. The Labute approximate surface area is 126 Å². The Hall–Kier alpha value is -0.510. The molecule has 0 bridgehead atoms. The number of imide groups is 1. The number of carbonyl (C=O) groups is 2. The van der Waals surface area contributed by atoms with E-state index in [0.29, 0.717) is 5.92 Å². The van der Waals surface area contributed by atoms with Crippen molar-refractivity contribution < 1.29 is 9.59 Å². The number of unbranched alkanes of at least 4 members (excludes halogenated alkanes) is 4. The second kappa shape index (κ2) is 6.97. The molecular weight excluding hydrogens is 270 g/mol. The van der Waals surface area contributed by atoms with E-state index in [0.717, 1.165) is 37.9 Å². The van der Waals surface area contributed by atoms with Crippen LogP contribution in [0.5, 0.6) is 0 Å². The van der Waals surface area contributed by atoms with E-state index in [1.165, 1.54) is 19.3 Å². The SMILES string of the molecule is CCCCCCSC12C(=O)NC(=O)C1CC2CCCC. The lowest BCUT2D eigenvalue weighted by Crippen LogP contribution is -2.56. The number of carbonyl (C=O) groups excluding carboxylic acids is 2. The third kappa shape index (κ3) is 2.76. The average Bonchev–Trinajstić information content (AvgIpc) is 2.58. The Morgan fingerprint density at radius 3 is 2.55 bits per heavy atom. The summed E-state index contributed by atoms with van der Waals surface area (Å²) in [6.45, 7) is 4.39. The maximum absolute atomic E-state index is 12.3. The molecule has 3 unspecified atom stereocenters. The van der Waals surface area contributed by atoms with E-state index in [4.69, 9.17) is 0 Å². The summed E-state index contributed by atoms with van der Waals surface area (Å²) in [4.78, 5) is 24.2. The molecule has 1 saturated heterocycles. The van der Waals surface area contributed by atoms with E-state index < -0.39 is 4.75 Å². The summed E-state index contributed by atoms with van der Waals surface area (Å²) in [6, 6.07) is 0. The molecule has 0 spiro atoms. The van der Waals surface area contributed by atoms with Crippen LogP contribution in [0.25, 0.3) is 0 Å². The van der Waals surface area contributed by atoms with Gasteiger partial charge in [-0.05, 0) is 30.9 Å². The largest absolute Gasteiger partial charge is 0.295 e. The Morgan fingerprint density at radius 2 is 1.90 bits per heavy atom. The molecule has 1 aliphatic carbocycles. The van der Waals surface area contributed by atoms with Crippen molar-refractivity contribution in [2.24, 2.45) is 11.8 Å². The zero-order valence-electron chi connectivity index (χ0n) is 12.7. The highest BCUT2D eigenvalue weighted by atomic mass is 32.2. The van der Waals surface area contributed by atoms with Crippen molar-refractivity contribution in [2.75, 3.05) is 5.75 Å². The van der Waals surface area contributed by atoms with Crippen LogP contribution in [0, 0.1) is 11.8 Å². The van der Waals surface area contributed by atoms with Gasteiger partial charge in [0.2, 0.25) is 11.8 Å². The molecule has 2 aliphatic rings. The highest BCUT2D eigenvalue weighted by Gasteiger charge is 2.66. The van der Waals surface area contributed by atoms with Gasteiger partial charge in [-0.15, -0.1) is 11.8 Å². The third-order valence-corrected chi connectivity index (χ3v) is 6.57. The fraction of sp³-hybridized carbons (Fsp3) is 0.875. The van der Waals surface area contributed by atoms with Gasteiger partial charge in [0.1, 0.15) is 4.75 Å². The third-order valence-electron chi connectivity index (χ3n) is 4.80. The summed E-state index contributed by atoms with van der Waals surface area (Å²) in [5.41, 5.74) is 0. The number of rotatable bonds is 9. The molecule has 0 radical (unpaired) electrons. The van der Waals surface area contributed by atoms with Gasteiger partial charge >= 0.3 is 0 Å². The topological polar surface area (TPSA) is 46.2 Å². The predicted octanol–water partition coefficient (Wildman–Crippen LogP) is 3.52. The molecule has 1 heterocycles. The molecule has 20 heavy (non-hydrogen) atoms. The molecule has 2 rings (SSSR count). The highest BCUT2D eigenvalue weighted by molar-refractivity contribution is 8.01. The van der Waals surface area contributed by atoms with E-state index >= 15 is 0 Å². The minimum absolute atomic E-state index is 0.000319. The van der Waals surface area contributed by atoms with Gasteiger partial charge in [-0.3, -0.25) is 14.9 Å². The standard InChI is InChI=1S/C16H27NO2S/c1-3-5-7-8-10-20-16-12(9-6-4-2)11-13(16)14(18)17-15(16)19/h12-13H,3-11H2,1-2H3,(H,17,18,19). The van der Waals surface area contributed by atoms with Gasteiger partial charge in [0, 0.05) is 0 Å². The molecule has 0 aromatic rings. The quantitative estimate of drug-likeness (QED) is 0.523. The maximum atomic E-state index is 12.3. The minimum atomic E-state index is -0.404. The monoisotopic (exact) mass is 297 g/mol. The van der Waals surface area contributed by atoms with E-state index in [1.54, 1.807) is 11.8 Å². The van der Waals surface area contributed by atoms with Crippen LogP contribution in [0.15, 0.2) is 0 Å². The second-order valence-corrected chi connectivity index (χ2v) is 7.52. The molecule has 1 aliphatic heterocycles. The fourth-order valence-electron chi connectivity index (χ4n) is 3.54. The summed E-state index contributed by atoms with van der Waals surface area (Å²) in [5, 5.41) is 2.58. The number of thioether (sulfide) groups is 1. The first-order chi connectivity index (χ1) is 9.66. The molecular formula is C16H27NO2S. The van der Waals surface area contributed by atoms with Crippen LogP contribution in [0.3, 0.4) is 0 Å². The van der Waals surface area contributed by atoms with Crippen LogP contribution >= 0.6 is 11.8 Å². The van der Waals surface area contributed by atoms with Gasteiger partial charge in [-0.2, -0.15) is 0 Å². The number of fused-ring (bicyclic) bond motifs is 1. The lowest BCUT2D eigenvalue weighted by atomic mass is 9.63. The summed E-state index contributed by atoms with van der Waals surface area (Å²) in [7, 11) is 0. The summed E-state index contributed by atoms with van der Waals surface area (Å²) < 4.78 is -0.404. The number of amides is 2. The van der Waals surface area contributed by atoms with E-state index in [9.17, 15) is 9.59 Å². The number of nitrogens with one attached hydrogen (secondary N) is 1. The fourth-order valence-corrected chi connectivity index (χ4v) is 5.26. The van der Waals surface area contributed by atoms with Crippen molar-refractivity contribution in [1.82, 2.24) is 5.32 Å². The van der Waals surface area contributed by atoms with Crippen molar-refractivity contribution in [3.63, 3.8) is 0 Å². The van der Waals surface area contributed by atoms with E-state index in [2.05, 4.69) is 19.2 Å². The maximum Gasteiger partial charge on any atom is 0.243 e. The van der Waals surface area contributed by atoms with Crippen molar-refractivity contribution in [2.45, 2.75) is 70.0 Å². The molecule has 3 nitrogen and oxygen atoms in total. The van der Waals surface area contributed by atoms with Gasteiger partial charge in [0.15, 0.2) is 0 Å². The molecule has 114 valence electrons. The van der Waals surface area contributed by atoms with Gasteiger partial charge in [0.05, 0.1) is 5.92 Å². The molecule has 0 aromatic carbocycles. The van der Waals surface area contributed by atoms with Crippen LogP contribution in [-0.4, -0.2) is 22.3 Å². The molecule has 4 heteroatoms. The Kier molecular flexibility index (Phi) is 5.53. The Morgan fingerprint density at radius 1 is 1.15 bits per heavy atom. The van der Waals surface area contributed by atoms with Gasteiger partial charge in [-0.1, -0.05) is 46.0 Å². The zero-order chi connectivity index (χ0) is 14.6. The van der Waals surface area contributed by atoms with E-state index in [1.807, 2.05) is 0 Å². The number of hydrogen-bond acceptors (Lipinski definition) is 3. The molecule has 1 N–H and O–H groups in total. The van der Waals surface area contributed by atoms with Gasteiger partial charge < -0.3 is 0 Å². The first kappa shape index (κ1) is 15.9. The summed E-state index contributed by atoms with van der Waals surface area (Å²) >= 11 is 1.77. The first-order valence-corrected chi connectivity index (χ1v) is 9.14.